The van der Waals surface area contributed by atoms with Crippen LogP contribution in [0.5, 0.6) is 0 Å². The molecule has 0 heterocycles. The molecule has 0 aromatic carbocycles. The molecule has 0 radical (unpaired) electrons. The van der Waals surface area contributed by atoms with Crippen LogP contribution in [0.25, 0.3) is 0 Å². The number of carbonyl (C=O) groups is 1. The van der Waals surface area contributed by atoms with E-state index in [1.807, 2.05) is 13.8 Å². The van der Waals surface area contributed by atoms with Crippen molar-refractivity contribution in [1.82, 2.24) is 0 Å². The van der Waals surface area contributed by atoms with Gasteiger partial charge in [-0.25, -0.2) is 0 Å². The summed E-state index contributed by atoms with van der Waals surface area (Å²) in [6, 6.07) is 0. The van der Waals surface area contributed by atoms with Gasteiger partial charge in [-0.3, -0.25) is 9.79 Å². The van der Waals surface area contributed by atoms with Crippen molar-refractivity contribution >= 4 is 11.7 Å². The molecule has 0 atom stereocenters. The molecular weight excluding hydrogens is 130 g/mol. The van der Waals surface area contributed by atoms with E-state index in [9.17, 15) is 4.79 Å². The lowest BCUT2D eigenvalue weighted by Gasteiger charge is -1.95. The lowest BCUT2D eigenvalue weighted by Crippen LogP contribution is -2.03. The summed E-state index contributed by atoms with van der Waals surface area (Å²) in [7, 11) is 0. The first kappa shape index (κ1) is 9.14. The monoisotopic (exact) mass is 143 g/mol. The van der Waals surface area contributed by atoms with Crippen LogP contribution in [0.3, 0.4) is 0 Å². The maximum absolute atomic E-state index is 10.0. The second-order valence-electron chi connectivity index (χ2n) is 1.98. The van der Waals surface area contributed by atoms with Crippen LogP contribution in [0.1, 0.15) is 26.7 Å². The van der Waals surface area contributed by atoms with Gasteiger partial charge in [0.1, 0.15) is 6.54 Å². The molecule has 0 unspecified atom stereocenters. The zero-order valence-corrected chi connectivity index (χ0v) is 6.42. The van der Waals surface area contributed by atoms with E-state index in [0.29, 0.717) is 0 Å². The molecule has 0 aliphatic rings. The van der Waals surface area contributed by atoms with Crippen molar-refractivity contribution in [3.8, 4) is 0 Å². The van der Waals surface area contributed by atoms with Gasteiger partial charge in [-0.15, -0.1) is 0 Å². The number of hydrogen-bond donors (Lipinski definition) is 1. The highest BCUT2D eigenvalue weighted by Crippen LogP contribution is 1.90. The number of aliphatic carboxylic acids is 1. The molecule has 3 nitrogen and oxygen atoms in total. The SMILES string of the molecule is CCC(CC)=NCC(=O)O. The Morgan fingerprint density at radius 3 is 2.20 bits per heavy atom. The maximum atomic E-state index is 10.0. The predicted molar refractivity (Wildman–Crippen MR) is 40.5 cm³/mol. The minimum atomic E-state index is -0.862. The number of rotatable bonds is 4. The molecule has 3 heteroatoms. The Bertz CT molecular complexity index is 135. The molecule has 0 rings (SSSR count). The van der Waals surface area contributed by atoms with E-state index in [0.717, 1.165) is 18.6 Å². The van der Waals surface area contributed by atoms with Crippen LogP contribution in [0.15, 0.2) is 4.99 Å². The van der Waals surface area contributed by atoms with E-state index in [-0.39, 0.29) is 6.54 Å². The molecule has 0 aliphatic carbocycles. The van der Waals surface area contributed by atoms with Crippen LogP contribution in [-0.2, 0) is 4.79 Å². The first-order valence-electron chi connectivity index (χ1n) is 3.44. The van der Waals surface area contributed by atoms with Crippen molar-refractivity contribution in [2.45, 2.75) is 26.7 Å². The van der Waals surface area contributed by atoms with Gasteiger partial charge < -0.3 is 5.11 Å². The smallest absolute Gasteiger partial charge is 0.325 e. The molecule has 0 saturated heterocycles. The number of hydrogen-bond acceptors (Lipinski definition) is 2. The lowest BCUT2D eigenvalue weighted by atomic mass is 10.2. The number of carboxylic acid groups (broad SMARTS) is 1. The van der Waals surface area contributed by atoms with Crippen molar-refractivity contribution in [2.24, 2.45) is 4.99 Å². The van der Waals surface area contributed by atoms with Crippen molar-refractivity contribution in [2.75, 3.05) is 6.54 Å². The zero-order chi connectivity index (χ0) is 7.98. The average Bonchev–Trinajstić information content (AvgIpc) is 1.90. The van der Waals surface area contributed by atoms with E-state index >= 15 is 0 Å². The summed E-state index contributed by atoms with van der Waals surface area (Å²) in [5.41, 5.74) is 0.974. The van der Waals surface area contributed by atoms with Crippen LogP contribution < -0.4 is 0 Å². The third-order valence-electron chi connectivity index (χ3n) is 1.25. The zero-order valence-electron chi connectivity index (χ0n) is 6.42. The van der Waals surface area contributed by atoms with E-state index in [4.69, 9.17) is 5.11 Å². The van der Waals surface area contributed by atoms with Crippen molar-refractivity contribution in [1.29, 1.82) is 0 Å². The first-order valence-corrected chi connectivity index (χ1v) is 3.44. The van der Waals surface area contributed by atoms with Crippen LogP contribution in [-0.4, -0.2) is 23.3 Å². The molecule has 0 aliphatic heterocycles. The third-order valence-corrected chi connectivity index (χ3v) is 1.25. The fourth-order valence-electron chi connectivity index (χ4n) is 0.653. The molecule has 58 valence electrons. The van der Waals surface area contributed by atoms with Crippen molar-refractivity contribution in [3.63, 3.8) is 0 Å². The second kappa shape index (κ2) is 4.97. The molecule has 0 spiro atoms. The van der Waals surface area contributed by atoms with Gasteiger partial charge in [0.15, 0.2) is 0 Å². The van der Waals surface area contributed by atoms with E-state index in [1.54, 1.807) is 0 Å². The third kappa shape index (κ3) is 4.06. The number of carboxylic acids is 1. The van der Waals surface area contributed by atoms with E-state index < -0.39 is 5.97 Å². The Balaban J connectivity index is 3.74. The van der Waals surface area contributed by atoms with Crippen molar-refractivity contribution < 1.29 is 9.90 Å². The fourth-order valence-corrected chi connectivity index (χ4v) is 0.653. The maximum Gasteiger partial charge on any atom is 0.325 e. The molecule has 0 aromatic rings. The molecule has 10 heavy (non-hydrogen) atoms. The molecule has 0 fully saturated rings. The molecule has 0 aromatic heterocycles. The Labute approximate surface area is 60.8 Å². The van der Waals surface area contributed by atoms with Gasteiger partial charge in [-0.2, -0.15) is 0 Å². The average molecular weight is 143 g/mol. The minimum absolute atomic E-state index is 0.0863. The van der Waals surface area contributed by atoms with Gasteiger partial charge >= 0.3 is 5.97 Å². The van der Waals surface area contributed by atoms with Crippen molar-refractivity contribution in [3.05, 3.63) is 0 Å². The van der Waals surface area contributed by atoms with Crippen LogP contribution >= 0.6 is 0 Å². The number of aliphatic imine (C=N–C) groups is 1. The second-order valence-corrected chi connectivity index (χ2v) is 1.98. The van der Waals surface area contributed by atoms with Gasteiger partial charge in [0.05, 0.1) is 0 Å². The summed E-state index contributed by atoms with van der Waals surface area (Å²) in [5, 5.41) is 8.25. The Morgan fingerprint density at radius 2 is 1.90 bits per heavy atom. The fraction of sp³-hybridized carbons (Fsp3) is 0.714. The Morgan fingerprint density at radius 1 is 1.40 bits per heavy atom. The standard InChI is InChI=1S/C7H13NO2/c1-3-6(4-2)8-5-7(9)10/h3-5H2,1-2H3,(H,9,10). The first-order chi connectivity index (χ1) is 4.70. The van der Waals surface area contributed by atoms with Crippen LogP contribution in [0, 0.1) is 0 Å². The largest absolute Gasteiger partial charge is 0.480 e. The Kier molecular flexibility index (Phi) is 4.54. The summed E-state index contributed by atoms with van der Waals surface area (Å²) >= 11 is 0. The molecule has 0 saturated carbocycles. The van der Waals surface area contributed by atoms with Crippen LogP contribution in [0.4, 0.5) is 0 Å². The molecule has 0 bridgehead atoms. The minimum Gasteiger partial charge on any atom is -0.480 e. The van der Waals surface area contributed by atoms with Gasteiger partial charge in [-0.05, 0) is 12.8 Å². The quantitative estimate of drug-likeness (QED) is 0.603. The normalized spacial score (nSPS) is 9.00. The summed E-state index contributed by atoms with van der Waals surface area (Å²) in [5.74, 6) is -0.862. The highest BCUT2D eigenvalue weighted by Gasteiger charge is 1.94. The summed E-state index contributed by atoms with van der Waals surface area (Å²) in [6.45, 7) is 3.87. The molecular formula is C7H13NO2. The highest BCUT2D eigenvalue weighted by molar-refractivity contribution is 5.85. The Hall–Kier alpha value is -0.860. The van der Waals surface area contributed by atoms with Gasteiger partial charge in [0.25, 0.3) is 0 Å². The summed E-state index contributed by atoms with van der Waals surface area (Å²) in [4.78, 5) is 13.9. The highest BCUT2D eigenvalue weighted by atomic mass is 16.4. The summed E-state index contributed by atoms with van der Waals surface area (Å²) < 4.78 is 0. The molecule has 1 N–H and O–H groups in total. The topological polar surface area (TPSA) is 49.7 Å². The predicted octanol–water partition coefficient (Wildman–Crippen LogP) is 1.33. The number of nitrogens with zero attached hydrogens (tertiary/aromatic N) is 1. The van der Waals surface area contributed by atoms with E-state index in [2.05, 4.69) is 4.99 Å². The van der Waals surface area contributed by atoms with Gasteiger partial charge in [-0.1, -0.05) is 13.8 Å². The van der Waals surface area contributed by atoms with Crippen LogP contribution in [0.2, 0.25) is 0 Å². The van der Waals surface area contributed by atoms with Gasteiger partial charge in [0, 0.05) is 5.71 Å². The molecule has 0 amide bonds. The van der Waals surface area contributed by atoms with E-state index in [1.165, 1.54) is 0 Å². The summed E-state index contributed by atoms with van der Waals surface area (Å²) in [6.07, 6.45) is 1.70. The lowest BCUT2D eigenvalue weighted by molar-refractivity contribution is -0.135. The van der Waals surface area contributed by atoms with Gasteiger partial charge in [0.2, 0.25) is 0 Å².